The number of nitrogens with zero attached hydrogens (tertiary/aromatic N) is 2. The Labute approximate surface area is 145 Å². The molecule has 1 aromatic heterocycles. The largest absolute Gasteiger partial charge is 0.481 e. The van der Waals surface area contributed by atoms with Crippen molar-refractivity contribution in [1.29, 1.82) is 0 Å². The molecule has 24 heavy (non-hydrogen) atoms. The third-order valence-corrected chi connectivity index (χ3v) is 4.41. The Balaban J connectivity index is 2.17. The number of nitrogens with one attached hydrogen (secondary N) is 1. The molecule has 6 nitrogen and oxygen atoms in total. The van der Waals surface area contributed by atoms with E-state index in [1.54, 1.807) is 13.8 Å². The Kier molecular flexibility index (Phi) is 5.62. The topological polar surface area (TPSA) is 84.2 Å². The lowest BCUT2D eigenvalue weighted by molar-refractivity contribution is -0.137. The molecule has 0 aliphatic carbocycles. The second-order valence-electron chi connectivity index (χ2n) is 5.72. The minimum Gasteiger partial charge on any atom is -0.481 e. The van der Waals surface area contributed by atoms with Crippen LogP contribution in [-0.4, -0.2) is 26.8 Å². The number of carbonyl (C=O) groups excluding carboxylic acids is 1. The summed E-state index contributed by atoms with van der Waals surface area (Å²) in [6, 6.07) is 6.81. The van der Waals surface area contributed by atoms with Crippen LogP contribution in [0, 0.1) is 20.8 Å². The highest BCUT2D eigenvalue weighted by Crippen LogP contribution is 2.21. The van der Waals surface area contributed by atoms with E-state index in [0.29, 0.717) is 16.4 Å². The first-order chi connectivity index (χ1) is 11.3. The number of aryl methyl sites for hydroxylation is 2. The zero-order valence-electron chi connectivity index (χ0n) is 13.8. The average molecular weight is 350 g/mol. The second-order valence-corrected chi connectivity index (χ2v) is 6.09. The van der Waals surface area contributed by atoms with Crippen molar-refractivity contribution in [2.45, 2.75) is 39.8 Å². The Morgan fingerprint density at radius 3 is 2.50 bits per heavy atom. The summed E-state index contributed by atoms with van der Waals surface area (Å²) in [6.45, 7) is 5.43. The molecule has 0 saturated carbocycles. The van der Waals surface area contributed by atoms with Crippen LogP contribution in [-0.2, 0) is 16.1 Å². The van der Waals surface area contributed by atoms with Crippen LogP contribution in [0.1, 0.15) is 35.0 Å². The summed E-state index contributed by atoms with van der Waals surface area (Å²) in [5.41, 5.74) is 3.08. The lowest BCUT2D eigenvalue weighted by Crippen LogP contribution is -2.33. The van der Waals surface area contributed by atoms with E-state index in [2.05, 4.69) is 10.4 Å². The molecule has 0 aliphatic rings. The number of amides is 1. The summed E-state index contributed by atoms with van der Waals surface area (Å²) >= 11 is 6.08. The van der Waals surface area contributed by atoms with Gasteiger partial charge in [-0.25, -0.2) is 0 Å². The molecule has 2 aromatic rings. The van der Waals surface area contributed by atoms with Gasteiger partial charge in [0.1, 0.15) is 6.54 Å². The van der Waals surface area contributed by atoms with E-state index < -0.39 is 12.0 Å². The number of halogens is 1. The summed E-state index contributed by atoms with van der Waals surface area (Å²) in [4.78, 5) is 23.5. The van der Waals surface area contributed by atoms with E-state index in [1.807, 2.05) is 31.2 Å². The number of hydrogen-bond acceptors (Lipinski definition) is 3. The molecule has 0 bridgehead atoms. The molecule has 0 unspecified atom stereocenters. The monoisotopic (exact) mass is 349 g/mol. The summed E-state index contributed by atoms with van der Waals surface area (Å²) in [5, 5.41) is 16.7. The molecule has 2 N–H and O–H groups in total. The van der Waals surface area contributed by atoms with Gasteiger partial charge < -0.3 is 10.4 Å². The molecule has 1 amide bonds. The zero-order chi connectivity index (χ0) is 17.9. The van der Waals surface area contributed by atoms with Crippen LogP contribution in [0.2, 0.25) is 5.02 Å². The molecule has 1 atom stereocenters. The van der Waals surface area contributed by atoms with Crippen molar-refractivity contribution in [2.24, 2.45) is 0 Å². The van der Waals surface area contributed by atoms with Gasteiger partial charge in [0.05, 0.1) is 28.9 Å². The van der Waals surface area contributed by atoms with Crippen LogP contribution in [0.15, 0.2) is 24.3 Å². The highest BCUT2D eigenvalue weighted by molar-refractivity contribution is 6.31. The maximum Gasteiger partial charge on any atom is 0.305 e. The fraction of sp³-hybridized carbons (Fsp3) is 0.353. The molecule has 2 rings (SSSR count). The molecule has 0 radical (unpaired) electrons. The van der Waals surface area contributed by atoms with Gasteiger partial charge in [0.25, 0.3) is 0 Å². The van der Waals surface area contributed by atoms with Crippen LogP contribution in [0.4, 0.5) is 0 Å². The molecular weight excluding hydrogens is 330 g/mol. The van der Waals surface area contributed by atoms with Crippen LogP contribution in [0.5, 0.6) is 0 Å². The minimum atomic E-state index is -0.974. The average Bonchev–Trinajstić information content (AvgIpc) is 2.74. The van der Waals surface area contributed by atoms with Gasteiger partial charge >= 0.3 is 5.97 Å². The summed E-state index contributed by atoms with van der Waals surface area (Å²) < 4.78 is 1.52. The van der Waals surface area contributed by atoms with Crippen molar-refractivity contribution < 1.29 is 14.7 Å². The molecule has 0 aliphatic heterocycles. The fourth-order valence-electron chi connectivity index (χ4n) is 2.60. The quantitative estimate of drug-likeness (QED) is 0.839. The molecule has 128 valence electrons. The van der Waals surface area contributed by atoms with Gasteiger partial charge in [0, 0.05) is 0 Å². The predicted octanol–water partition coefficient (Wildman–Crippen LogP) is 2.79. The molecular formula is C17H20ClN3O3. The molecule has 0 saturated heterocycles. The SMILES string of the molecule is Cc1ccccc1[C@H](CC(=O)O)NC(=O)Cn1nc(C)c(Cl)c1C. The number of carboxylic acids is 1. The van der Waals surface area contributed by atoms with Crippen molar-refractivity contribution >= 4 is 23.5 Å². The molecule has 1 aromatic carbocycles. The summed E-state index contributed by atoms with van der Waals surface area (Å²) in [6.07, 6.45) is -0.186. The van der Waals surface area contributed by atoms with Crippen molar-refractivity contribution in [3.63, 3.8) is 0 Å². The van der Waals surface area contributed by atoms with E-state index in [0.717, 1.165) is 11.1 Å². The van der Waals surface area contributed by atoms with Crippen molar-refractivity contribution in [3.8, 4) is 0 Å². The number of aliphatic carboxylic acids is 1. The third-order valence-electron chi connectivity index (χ3n) is 3.86. The fourth-order valence-corrected chi connectivity index (χ4v) is 2.73. The highest BCUT2D eigenvalue weighted by Gasteiger charge is 2.20. The number of carbonyl (C=O) groups is 2. The van der Waals surface area contributed by atoms with Crippen molar-refractivity contribution in [2.75, 3.05) is 0 Å². The summed E-state index contributed by atoms with van der Waals surface area (Å²) in [5.74, 6) is -1.29. The van der Waals surface area contributed by atoms with Crippen LogP contribution < -0.4 is 5.32 Å². The Morgan fingerprint density at radius 2 is 1.96 bits per heavy atom. The van der Waals surface area contributed by atoms with Gasteiger partial charge in [-0.3, -0.25) is 14.3 Å². The number of benzene rings is 1. The Morgan fingerprint density at radius 1 is 1.29 bits per heavy atom. The van der Waals surface area contributed by atoms with Crippen molar-refractivity contribution in [3.05, 3.63) is 51.8 Å². The molecule has 1 heterocycles. The van der Waals surface area contributed by atoms with Crippen LogP contribution in [0.25, 0.3) is 0 Å². The van der Waals surface area contributed by atoms with Gasteiger partial charge in [0.15, 0.2) is 0 Å². The van der Waals surface area contributed by atoms with Gasteiger partial charge in [-0.2, -0.15) is 5.10 Å². The normalized spacial score (nSPS) is 12.0. The van der Waals surface area contributed by atoms with Crippen LogP contribution >= 0.6 is 11.6 Å². The minimum absolute atomic E-state index is 0.0125. The van der Waals surface area contributed by atoms with Gasteiger partial charge in [-0.05, 0) is 31.9 Å². The Hall–Kier alpha value is -2.34. The second kappa shape index (κ2) is 7.49. The first-order valence-corrected chi connectivity index (χ1v) is 7.93. The van der Waals surface area contributed by atoms with E-state index in [4.69, 9.17) is 16.7 Å². The maximum absolute atomic E-state index is 12.4. The highest BCUT2D eigenvalue weighted by atomic mass is 35.5. The van der Waals surface area contributed by atoms with Crippen LogP contribution in [0.3, 0.4) is 0 Å². The molecule has 7 heteroatoms. The lowest BCUT2D eigenvalue weighted by Gasteiger charge is -2.19. The number of aromatic nitrogens is 2. The third kappa shape index (κ3) is 4.14. The summed E-state index contributed by atoms with van der Waals surface area (Å²) in [7, 11) is 0. The number of hydrogen-bond donors (Lipinski definition) is 2. The lowest BCUT2D eigenvalue weighted by atomic mass is 9.99. The van der Waals surface area contributed by atoms with Gasteiger partial charge in [-0.1, -0.05) is 35.9 Å². The van der Waals surface area contributed by atoms with E-state index in [1.165, 1.54) is 4.68 Å². The first-order valence-electron chi connectivity index (χ1n) is 7.55. The number of rotatable bonds is 6. The molecule has 0 fully saturated rings. The van der Waals surface area contributed by atoms with E-state index >= 15 is 0 Å². The zero-order valence-corrected chi connectivity index (χ0v) is 14.6. The first kappa shape index (κ1) is 18.0. The standard InChI is InChI=1S/C17H20ClN3O3/c1-10-6-4-5-7-13(10)14(8-16(23)24)19-15(22)9-21-12(3)17(18)11(2)20-21/h4-7,14H,8-9H2,1-3H3,(H,19,22)(H,23,24)/t14-/m0/s1. The Bertz CT molecular complexity index is 770. The predicted molar refractivity (Wildman–Crippen MR) is 91.0 cm³/mol. The smallest absolute Gasteiger partial charge is 0.305 e. The van der Waals surface area contributed by atoms with E-state index in [-0.39, 0.29) is 18.9 Å². The van der Waals surface area contributed by atoms with Gasteiger partial charge in [-0.15, -0.1) is 0 Å². The van der Waals surface area contributed by atoms with E-state index in [9.17, 15) is 9.59 Å². The number of carboxylic acid groups (broad SMARTS) is 1. The maximum atomic E-state index is 12.4. The molecule has 0 spiro atoms. The van der Waals surface area contributed by atoms with Gasteiger partial charge in [0.2, 0.25) is 5.91 Å². The van der Waals surface area contributed by atoms with Crippen molar-refractivity contribution in [1.82, 2.24) is 15.1 Å².